The van der Waals surface area contributed by atoms with Crippen LogP contribution in [0.4, 0.5) is 0 Å². The van der Waals surface area contributed by atoms with E-state index in [2.05, 4.69) is 0 Å². The van der Waals surface area contributed by atoms with Gasteiger partial charge >= 0.3 is 45.5 Å². The number of carbonyl (C=O) groups excluding carboxylic acids is 2. The molecule has 168 valence electrons. The summed E-state index contributed by atoms with van der Waals surface area (Å²) in [7, 11) is 0. The molecular formula is C22H42O6Sr. The molecule has 0 aromatic rings. The van der Waals surface area contributed by atoms with Crippen LogP contribution >= 0.6 is 0 Å². The van der Waals surface area contributed by atoms with Crippen LogP contribution in [0, 0.1) is 21.7 Å². The Bertz CT molecular complexity index is 510. The van der Waals surface area contributed by atoms with Gasteiger partial charge in [-0.25, -0.2) is 0 Å². The first kappa shape index (κ1) is 39.3. The number of rotatable bonds is 2. The van der Waals surface area contributed by atoms with E-state index in [-0.39, 0.29) is 79.5 Å². The number of allylic oxidation sites excluding steroid dienone is 4. The van der Waals surface area contributed by atoms with Gasteiger partial charge in [-0.15, -0.1) is 11.5 Å². The Morgan fingerprint density at radius 1 is 0.517 bits per heavy atom. The van der Waals surface area contributed by atoms with E-state index in [0.29, 0.717) is 0 Å². The summed E-state index contributed by atoms with van der Waals surface area (Å²) in [6.45, 7) is 21.7. The van der Waals surface area contributed by atoms with Crippen molar-refractivity contribution in [1.82, 2.24) is 0 Å². The van der Waals surface area contributed by atoms with Crippen LogP contribution in [0.1, 0.15) is 83.1 Å². The van der Waals surface area contributed by atoms with E-state index in [0.717, 1.165) is 0 Å². The zero-order valence-corrected chi connectivity index (χ0v) is 24.0. The van der Waals surface area contributed by atoms with Crippen molar-refractivity contribution in [2.45, 2.75) is 83.1 Å². The zero-order chi connectivity index (χ0) is 21.7. The van der Waals surface area contributed by atoms with Gasteiger partial charge in [0.05, 0.1) is 0 Å². The molecule has 6 nitrogen and oxygen atoms in total. The second kappa shape index (κ2) is 14.0. The molecule has 0 heterocycles. The van der Waals surface area contributed by atoms with Crippen LogP contribution in [-0.2, 0) is 9.59 Å². The molecule has 0 rings (SSSR count). The van der Waals surface area contributed by atoms with Crippen molar-refractivity contribution in [2.75, 3.05) is 0 Å². The average molecular weight is 490 g/mol. The molecule has 0 spiro atoms. The van der Waals surface area contributed by atoms with E-state index in [1.807, 2.05) is 83.1 Å². The van der Waals surface area contributed by atoms with Crippen molar-refractivity contribution in [3.8, 4) is 0 Å². The molecule has 0 saturated heterocycles. The zero-order valence-electron chi connectivity index (χ0n) is 20.5. The Hall–Kier alpha value is -0.179. The van der Waals surface area contributed by atoms with Crippen molar-refractivity contribution in [3.63, 3.8) is 0 Å². The van der Waals surface area contributed by atoms with Crippen LogP contribution in [0.2, 0.25) is 0 Å². The van der Waals surface area contributed by atoms with Gasteiger partial charge in [-0.05, 0) is 23.0 Å². The molecule has 4 N–H and O–H groups in total. The number of carbonyl (C=O) groups is 2. The summed E-state index contributed by atoms with van der Waals surface area (Å²) in [6.07, 6.45) is 2.44. The van der Waals surface area contributed by atoms with Gasteiger partial charge in [0.1, 0.15) is 0 Å². The Morgan fingerprint density at radius 3 is 0.793 bits per heavy atom. The molecule has 0 amide bonds. The van der Waals surface area contributed by atoms with E-state index >= 15 is 0 Å². The van der Waals surface area contributed by atoms with Gasteiger partial charge in [-0.1, -0.05) is 83.1 Å². The van der Waals surface area contributed by atoms with Crippen molar-refractivity contribution in [2.24, 2.45) is 21.7 Å². The minimum atomic E-state index is -0.457. The molecule has 29 heavy (non-hydrogen) atoms. The van der Waals surface area contributed by atoms with Gasteiger partial charge in [0.25, 0.3) is 0 Å². The SMILES string of the molecule is CC(C)(C)C(=O)/C=C(/[O-])C(C)(C)C.CC(C)(C)C(=O)/C=C(\[O-])C(C)(C)C.O.O.[Sr+2]. The Labute approximate surface area is 214 Å². The van der Waals surface area contributed by atoms with Gasteiger partial charge in [0.2, 0.25) is 0 Å². The van der Waals surface area contributed by atoms with E-state index in [4.69, 9.17) is 0 Å². The summed E-state index contributed by atoms with van der Waals surface area (Å²) in [6, 6.07) is 0. The standard InChI is InChI=1S/2C11H20O2.2H2O.Sr/c2*1-10(2,3)8(12)7-9(13)11(4,5)6;;;/h2*7,12H,1-6H3;2*1H2;/q;;;;+2/p-2/b8-7+;8-7-;;;. The van der Waals surface area contributed by atoms with Crippen LogP contribution in [0.5, 0.6) is 0 Å². The van der Waals surface area contributed by atoms with E-state index in [1.165, 1.54) is 12.2 Å². The normalized spacial score (nSPS) is 13.0. The molecule has 0 aliphatic carbocycles. The van der Waals surface area contributed by atoms with Crippen LogP contribution in [0.25, 0.3) is 0 Å². The molecular weight excluding hydrogens is 448 g/mol. The monoisotopic (exact) mass is 490 g/mol. The molecule has 0 fully saturated rings. The molecule has 0 aromatic carbocycles. The summed E-state index contributed by atoms with van der Waals surface area (Å²) in [5, 5.41) is 22.9. The fraction of sp³-hybridized carbons (Fsp3) is 0.727. The maximum absolute atomic E-state index is 11.4. The Morgan fingerprint density at radius 2 is 0.690 bits per heavy atom. The van der Waals surface area contributed by atoms with Crippen molar-refractivity contribution in [1.29, 1.82) is 0 Å². The third-order valence-corrected chi connectivity index (χ3v) is 3.48. The molecule has 0 atom stereocenters. The largest absolute Gasteiger partial charge is 2.00 e. The fourth-order valence-electron chi connectivity index (χ4n) is 1.10. The van der Waals surface area contributed by atoms with Gasteiger partial charge < -0.3 is 21.2 Å². The molecule has 0 bridgehead atoms. The Kier molecular flexibility index (Phi) is 19.0. The van der Waals surface area contributed by atoms with E-state index in [9.17, 15) is 19.8 Å². The summed E-state index contributed by atoms with van der Waals surface area (Å²) in [4.78, 5) is 22.9. The first-order valence-corrected chi connectivity index (χ1v) is 8.97. The average Bonchev–Trinajstić information content (AvgIpc) is 2.34. The van der Waals surface area contributed by atoms with Gasteiger partial charge in [0.15, 0.2) is 11.6 Å². The van der Waals surface area contributed by atoms with E-state index < -0.39 is 21.7 Å². The summed E-state index contributed by atoms with van der Waals surface area (Å²) >= 11 is 0. The summed E-state index contributed by atoms with van der Waals surface area (Å²) < 4.78 is 0. The first-order valence-electron chi connectivity index (χ1n) is 8.97. The third kappa shape index (κ3) is 18.3. The quantitative estimate of drug-likeness (QED) is 0.330. The third-order valence-electron chi connectivity index (χ3n) is 3.48. The fourth-order valence-corrected chi connectivity index (χ4v) is 1.10. The molecule has 0 radical (unpaired) electrons. The van der Waals surface area contributed by atoms with Crippen LogP contribution < -0.4 is 10.2 Å². The summed E-state index contributed by atoms with van der Waals surface area (Å²) in [5.41, 5.74) is -1.83. The van der Waals surface area contributed by atoms with Gasteiger partial charge in [-0.3, -0.25) is 9.59 Å². The molecule has 0 saturated carbocycles. The smallest absolute Gasteiger partial charge is 0.875 e. The minimum Gasteiger partial charge on any atom is -0.875 e. The molecule has 0 aliphatic heterocycles. The molecule has 0 unspecified atom stereocenters. The maximum atomic E-state index is 11.4. The maximum Gasteiger partial charge on any atom is 2.00 e. The number of hydrogen-bond donors (Lipinski definition) is 0. The summed E-state index contributed by atoms with van der Waals surface area (Å²) in [5.74, 6) is -0.417. The second-order valence-corrected chi connectivity index (χ2v) is 10.7. The van der Waals surface area contributed by atoms with Crippen molar-refractivity contribution >= 4 is 57.0 Å². The molecule has 0 aromatic heterocycles. The van der Waals surface area contributed by atoms with Crippen molar-refractivity contribution in [3.05, 3.63) is 23.7 Å². The van der Waals surface area contributed by atoms with Crippen LogP contribution in [0.15, 0.2) is 23.7 Å². The predicted octanol–water partition coefficient (Wildman–Crippen LogP) is 1.75. The Balaban J connectivity index is -0.000000120. The molecule has 7 heteroatoms. The minimum absolute atomic E-state index is 0. The number of hydrogen-bond acceptors (Lipinski definition) is 4. The van der Waals surface area contributed by atoms with Crippen LogP contribution in [-0.4, -0.2) is 68.0 Å². The topological polar surface area (TPSA) is 143 Å². The van der Waals surface area contributed by atoms with E-state index in [1.54, 1.807) is 0 Å². The van der Waals surface area contributed by atoms with Crippen molar-refractivity contribution < 1.29 is 30.8 Å². The second-order valence-electron chi connectivity index (χ2n) is 10.7. The first-order chi connectivity index (χ1) is 11.1. The van der Waals surface area contributed by atoms with Gasteiger partial charge in [-0.2, -0.15) is 0 Å². The van der Waals surface area contributed by atoms with Gasteiger partial charge in [0, 0.05) is 10.8 Å². The number of ketones is 2. The predicted molar refractivity (Wildman–Crippen MR) is 117 cm³/mol. The van der Waals surface area contributed by atoms with Crippen LogP contribution in [0.3, 0.4) is 0 Å². The molecule has 0 aliphatic rings.